The molecule has 0 aliphatic heterocycles. The second kappa shape index (κ2) is 4.62. The second-order valence-electron chi connectivity index (χ2n) is 2.51. The predicted molar refractivity (Wildman–Crippen MR) is 57.3 cm³/mol. The lowest BCUT2D eigenvalue weighted by Crippen LogP contribution is -2.25. The Morgan fingerprint density at radius 2 is 2.38 bits per heavy atom. The van der Waals surface area contributed by atoms with E-state index in [4.69, 9.17) is 0 Å². The van der Waals surface area contributed by atoms with E-state index in [1.165, 1.54) is 7.11 Å². The molecular formula is C8H10BrNO2S. The zero-order valence-corrected chi connectivity index (χ0v) is 9.81. The van der Waals surface area contributed by atoms with Crippen LogP contribution in [0.25, 0.3) is 0 Å². The van der Waals surface area contributed by atoms with Crippen LogP contribution in [0.3, 0.4) is 0 Å². The van der Waals surface area contributed by atoms with Crippen LogP contribution in [-0.2, 0) is 9.53 Å². The van der Waals surface area contributed by atoms with E-state index in [-0.39, 0.29) is 12.5 Å². The molecule has 13 heavy (non-hydrogen) atoms. The molecule has 0 saturated heterocycles. The van der Waals surface area contributed by atoms with Gasteiger partial charge in [0.15, 0.2) is 0 Å². The van der Waals surface area contributed by atoms with Gasteiger partial charge in [0, 0.05) is 7.05 Å². The Balaban J connectivity index is 2.58. The molecule has 1 rings (SSSR count). The van der Waals surface area contributed by atoms with Crippen LogP contribution >= 0.6 is 27.3 Å². The van der Waals surface area contributed by atoms with E-state index < -0.39 is 0 Å². The number of likely N-dealkylation sites (N-methyl/N-ethyl adjacent to an activating group) is 1. The van der Waals surface area contributed by atoms with Crippen LogP contribution in [0.2, 0.25) is 0 Å². The molecule has 0 unspecified atom stereocenters. The smallest absolute Gasteiger partial charge is 0.325 e. The van der Waals surface area contributed by atoms with E-state index in [0.29, 0.717) is 0 Å². The third-order valence-electron chi connectivity index (χ3n) is 1.53. The Bertz CT molecular complexity index is 300. The maximum atomic E-state index is 10.9. The summed E-state index contributed by atoms with van der Waals surface area (Å²) in [5.41, 5.74) is 0. The van der Waals surface area contributed by atoms with Gasteiger partial charge in [-0.25, -0.2) is 0 Å². The summed E-state index contributed by atoms with van der Waals surface area (Å²) in [5.74, 6) is -0.230. The Labute approximate surface area is 89.4 Å². The standard InChI is InChI=1S/C8H10BrNO2S/c1-10(5-8(11)12-2)7-4-3-6(9)13-7/h3-4H,5H2,1-2H3. The van der Waals surface area contributed by atoms with Crippen molar-refractivity contribution < 1.29 is 9.53 Å². The van der Waals surface area contributed by atoms with Crippen molar-refractivity contribution in [2.45, 2.75) is 0 Å². The highest BCUT2D eigenvalue weighted by Gasteiger charge is 2.08. The number of carbonyl (C=O) groups excluding carboxylic acids is 1. The molecule has 72 valence electrons. The van der Waals surface area contributed by atoms with Gasteiger partial charge < -0.3 is 9.64 Å². The SMILES string of the molecule is COC(=O)CN(C)c1ccc(Br)s1. The van der Waals surface area contributed by atoms with Gasteiger partial charge >= 0.3 is 5.97 Å². The topological polar surface area (TPSA) is 29.5 Å². The first-order valence-corrected chi connectivity index (χ1v) is 5.27. The number of methoxy groups -OCH3 is 1. The lowest BCUT2D eigenvalue weighted by atomic mass is 10.5. The van der Waals surface area contributed by atoms with E-state index in [2.05, 4.69) is 20.7 Å². The molecule has 5 heteroatoms. The maximum Gasteiger partial charge on any atom is 0.325 e. The highest BCUT2D eigenvalue weighted by atomic mass is 79.9. The number of ether oxygens (including phenoxy) is 1. The quantitative estimate of drug-likeness (QED) is 0.783. The highest BCUT2D eigenvalue weighted by Crippen LogP contribution is 2.28. The van der Waals surface area contributed by atoms with Gasteiger partial charge in [0.1, 0.15) is 6.54 Å². The van der Waals surface area contributed by atoms with Gasteiger partial charge in [0.25, 0.3) is 0 Å². The minimum Gasteiger partial charge on any atom is -0.468 e. The number of thiophene rings is 1. The average Bonchev–Trinajstić information content (AvgIpc) is 2.51. The molecule has 0 saturated carbocycles. The summed E-state index contributed by atoms with van der Waals surface area (Å²) in [6, 6.07) is 3.91. The summed E-state index contributed by atoms with van der Waals surface area (Å²) in [4.78, 5) is 12.8. The van der Waals surface area contributed by atoms with Crippen molar-refractivity contribution in [1.82, 2.24) is 0 Å². The van der Waals surface area contributed by atoms with Crippen molar-refractivity contribution >= 4 is 38.2 Å². The number of nitrogens with zero attached hydrogens (tertiary/aromatic N) is 1. The minimum atomic E-state index is -0.230. The van der Waals surface area contributed by atoms with E-state index in [1.54, 1.807) is 11.3 Å². The first kappa shape index (κ1) is 10.5. The first-order valence-electron chi connectivity index (χ1n) is 3.67. The molecule has 0 bridgehead atoms. The number of hydrogen-bond acceptors (Lipinski definition) is 4. The average molecular weight is 264 g/mol. The lowest BCUT2D eigenvalue weighted by Gasteiger charge is -2.14. The first-order chi connectivity index (χ1) is 6.13. The largest absolute Gasteiger partial charge is 0.468 e. The fraction of sp³-hybridized carbons (Fsp3) is 0.375. The maximum absolute atomic E-state index is 10.9. The van der Waals surface area contributed by atoms with Gasteiger partial charge in [0.2, 0.25) is 0 Å². The van der Waals surface area contributed by atoms with Crippen LogP contribution in [0, 0.1) is 0 Å². The lowest BCUT2D eigenvalue weighted by molar-refractivity contribution is -0.138. The summed E-state index contributed by atoms with van der Waals surface area (Å²) in [6.45, 7) is 0.281. The van der Waals surface area contributed by atoms with Crippen molar-refractivity contribution in [2.75, 3.05) is 25.6 Å². The van der Waals surface area contributed by atoms with Crippen LogP contribution in [0.4, 0.5) is 5.00 Å². The fourth-order valence-corrected chi connectivity index (χ4v) is 2.17. The van der Waals surface area contributed by atoms with Crippen LogP contribution in [0.5, 0.6) is 0 Å². The zero-order valence-electron chi connectivity index (χ0n) is 7.41. The van der Waals surface area contributed by atoms with Crippen molar-refractivity contribution in [3.8, 4) is 0 Å². The molecular weight excluding hydrogens is 254 g/mol. The van der Waals surface area contributed by atoms with Crippen molar-refractivity contribution in [2.24, 2.45) is 0 Å². The molecule has 1 heterocycles. The van der Waals surface area contributed by atoms with Gasteiger partial charge in [-0.15, -0.1) is 11.3 Å². The molecule has 1 aromatic rings. The molecule has 0 spiro atoms. The predicted octanol–water partition coefficient (Wildman–Crippen LogP) is 2.12. The van der Waals surface area contributed by atoms with Gasteiger partial charge in [0.05, 0.1) is 15.9 Å². The molecule has 0 N–H and O–H groups in total. The molecule has 3 nitrogen and oxygen atoms in total. The van der Waals surface area contributed by atoms with Crippen LogP contribution in [0.15, 0.2) is 15.9 Å². The summed E-state index contributed by atoms with van der Waals surface area (Å²) >= 11 is 4.94. The number of halogens is 1. The van der Waals surface area contributed by atoms with Crippen LogP contribution in [0.1, 0.15) is 0 Å². The van der Waals surface area contributed by atoms with Crippen molar-refractivity contribution in [3.63, 3.8) is 0 Å². The Hall–Kier alpha value is -0.550. The summed E-state index contributed by atoms with van der Waals surface area (Å²) in [6.07, 6.45) is 0. The number of carbonyl (C=O) groups is 1. The Morgan fingerprint density at radius 1 is 1.69 bits per heavy atom. The number of rotatable bonds is 3. The summed E-state index contributed by atoms with van der Waals surface area (Å²) in [5, 5.41) is 1.04. The molecule has 1 aromatic heterocycles. The third-order valence-corrected chi connectivity index (χ3v) is 3.27. The molecule has 0 aromatic carbocycles. The fourth-order valence-electron chi connectivity index (χ4n) is 0.846. The minimum absolute atomic E-state index is 0.230. The Kier molecular flexibility index (Phi) is 3.74. The van der Waals surface area contributed by atoms with E-state index in [0.717, 1.165) is 8.79 Å². The molecule has 0 aliphatic carbocycles. The van der Waals surface area contributed by atoms with Crippen molar-refractivity contribution in [1.29, 1.82) is 0 Å². The normalized spacial score (nSPS) is 9.77. The van der Waals surface area contributed by atoms with E-state index in [1.807, 2.05) is 24.1 Å². The Morgan fingerprint density at radius 3 is 2.85 bits per heavy atom. The van der Waals surface area contributed by atoms with Gasteiger partial charge in [-0.2, -0.15) is 0 Å². The van der Waals surface area contributed by atoms with Crippen LogP contribution < -0.4 is 4.90 Å². The second-order valence-corrected chi connectivity index (χ2v) is 4.95. The summed E-state index contributed by atoms with van der Waals surface area (Å²) < 4.78 is 5.62. The highest BCUT2D eigenvalue weighted by molar-refractivity contribution is 9.11. The molecule has 0 radical (unpaired) electrons. The number of hydrogen-bond donors (Lipinski definition) is 0. The molecule has 0 atom stereocenters. The van der Waals surface area contributed by atoms with Gasteiger partial charge in [-0.05, 0) is 28.1 Å². The number of esters is 1. The van der Waals surface area contributed by atoms with Gasteiger partial charge in [-0.3, -0.25) is 4.79 Å². The molecule has 0 amide bonds. The van der Waals surface area contributed by atoms with Crippen molar-refractivity contribution in [3.05, 3.63) is 15.9 Å². The zero-order chi connectivity index (χ0) is 9.84. The van der Waals surface area contributed by atoms with Gasteiger partial charge in [-0.1, -0.05) is 0 Å². The van der Waals surface area contributed by atoms with Crippen LogP contribution in [-0.4, -0.2) is 26.7 Å². The van der Waals surface area contributed by atoms with E-state index in [9.17, 15) is 4.79 Å². The number of anilines is 1. The molecule has 0 aliphatic rings. The summed E-state index contributed by atoms with van der Waals surface area (Å²) in [7, 11) is 3.25. The molecule has 0 fully saturated rings. The van der Waals surface area contributed by atoms with E-state index >= 15 is 0 Å². The monoisotopic (exact) mass is 263 g/mol. The third kappa shape index (κ3) is 3.00.